The fraction of sp³-hybridized carbons (Fsp3) is 0.130. The number of rotatable bonds is 5. The molecule has 0 saturated heterocycles. The van der Waals surface area contributed by atoms with Gasteiger partial charge in [0.25, 0.3) is 11.8 Å². The van der Waals surface area contributed by atoms with Crippen molar-refractivity contribution < 1.29 is 19.8 Å². The highest BCUT2D eigenvalue weighted by Crippen LogP contribution is 2.39. The predicted molar refractivity (Wildman–Crippen MR) is 117 cm³/mol. The SMILES string of the molecule is NCCCn1cc(C2=C(c3c[nH]c4ccc(O)cc34)C(=O)NC2=O)c2cc(O)ccc21. The number of nitrogens with zero attached hydrogens (tertiary/aromatic N) is 1. The van der Waals surface area contributed by atoms with Crippen LogP contribution in [0.15, 0.2) is 48.8 Å². The topological polar surface area (TPSA) is 133 Å². The van der Waals surface area contributed by atoms with E-state index in [1.54, 1.807) is 42.6 Å². The molecule has 2 aromatic carbocycles. The Morgan fingerprint density at radius 2 is 1.58 bits per heavy atom. The lowest BCUT2D eigenvalue weighted by Gasteiger charge is -2.03. The lowest BCUT2D eigenvalue weighted by atomic mass is 9.95. The summed E-state index contributed by atoms with van der Waals surface area (Å²) in [6.45, 7) is 1.15. The number of aromatic hydroxyl groups is 2. The molecule has 0 bridgehead atoms. The molecule has 8 nitrogen and oxygen atoms in total. The Balaban J connectivity index is 1.81. The fourth-order valence-corrected chi connectivity index (χ4v) is 4.22. The zero-order valence-corrected chi connectivity index (χ0v) is 16.5. The number of hydrogen-bond donors (Lipinski definition) is 5. The molecule has 156 valence electrons. The summed E-state index contributed by atoms with van der Waals surface area (Å²) < 4.78 is 1.97. The standard InChI is InChI=1S/C23H20N4O4/c24-6-1-7-27-11-17(15-9-13(29)3-5-19(15)27)21-20(22(30)26-23(21)31)16-10-25-18-4-2-12(28)8-14(16)18/h2-5,8-11,25,28-29H,1,6-7,24H2,(H,26,30,31). The van der Waals surface area contributed by atoms with E-state index in [9.17, 15) is 19.8 Å². The average Bonchev–Trinajstić information content (AvgIpc) is 3.38. The number of aromatic amines is 1. The molecule has 8 heteroatoms. The van der Waals surface area contributed by atoms with Crippen molar-refractivity contribution in [1.29, 1.82) is 0 Å². The van der Waals surface area contributed by atoms with Crippen LogP contribution in [-0.2, 0) is 16.1 Å². The van der Waals surface area contributed by atoms with E-state index in [-0.39, 0.29) is 22.6 Å². The molecule has 5 rings (SSSR count). The van der Waals surface area contributed by atoms with Gasteiger partial charge in [0.2, 0.25) is 0 Å². The smallest absolute Gasteiger partial charge is 0.259 e. The first-order valence-electron chi connectivity index (χ1n) is 9.90. The van der Waals surface area contributed by atoms with Crippen molar-refractivity contribution in [1.82, 2.24) is 14.9 Å². The third-order valence-corrected chi connectivity index (χ3v) is 5.60. The quantitative estimate of drug-likeness (QED) is 0.319. The molecule has 0 aliphatic carbocycles. The van der Waals surface area contributed by atoms with E-state index in [2.05, 4.69) is 10.3 Å². The number of phenolic OH excluding ortho intramolecular Hbond substituents is 2. The van der Waals surface area contributed by atoms with Gasteiger partial charge in [0.05, 0.1) is 11.1 Å². The van der Waals surface area contributed by atoms with Crippen molar-refractivity contribution in [3.63, 3.8) is 0 Å². The number of imide groups is 1. The fourth-order valence-electron chi connectivity index (χ4n) is 4.22. The van der Waals surface area contributed by atoms with Crippen molar-refractivity contribution >= 4 is 44.8 Å². The molecule has 3 heterocycles. The molecule has 0 saturated carbocycles. The Hall–Kier alpha value is -4.04. The second-order valence-corrected chi connectivity index (χ2v) is 7.55. The second kappa shape index (κ2) is 7.03. The summed E-state index contributed by atoms with van der Waals surface area (Å²) in [6, 6.07) is 9.76. The summed E-state index contributed by atoms with van der Waals surface area (Å²) >= 11 is 0. The molecule has 0 radical (unpaired) electrons. The molecule has 31 heavy (non-hydrogen) atoms. The van der Waals surface area contributed by atoms with Gasteiger partial charge in [-0.3, -0.25) is 14.9 Å². The molecule has 0 atom stereocenters. The van der Waals surface area contributed by atoms with Crippen molar-refractivity contribution in [3.05, 3.63) is 59.9 Å². The number of nitrogens with one attached hydrogen (secondary N) is 2. The molecule has 2 amide bonds. The summed E-state index contributed by atoms with van der Waals surface area (Å²) in [7, 11) is 0. The molecule has 0 unspecified atom stereocenters. The minimum atomic E-state index is -0.507. The van der Waals surface area contributed by atoms with E-state index in [0.717, 1.165) is 17.5 Å². The van der Waals surface area contributed by atoms with Crippen molar-refractivity contribution in [2.75, 3.05) is 6.54 Å². The molecule has 2 aromatic heterocycles. The van der Waals surface area contributed by atoms with Gasteiger partial charge >= 0.3 is 0 Å². The highest BCUT2D eigenvalue weighted by Gasteiger charge is 2.35. The second-order valence-electron chi connectivity index (χ2n) is 7.55. The zero-order chi connectivity index (χ0) is 21.7. The zero-order valence-electron chi connectivity index (χ0n) is 16.5. The normalized spacial score (nSPS) is 14.2. The van der Waals surface area contributed by atoms with Crippen LogP contribution in [0.1, 0.15) is 17.5 Å². The number of aryl methyl sites for hydroxylation is 1. The van der Waals surface area contributed by atoms with Gasteiger partial charge in [-0.15, -0.1) is 0 Å². The molecule has 0 fully saturated rings. The van der Waals surface area contributed by atoms with Gasteiger partial charge in [0.15, 0.2) is 0 Å². The maximum atomic E-state index is 12.9. The number of nitrogens with two attached hydrogens (primary N) is 1. The summed E-state index contributed by atoms with van der Waals surface area (Å²) in [5, 5.41) is 23.7. The van der Waals surface area contributed by atoms with Crippen LogP contribution in [0, 0.1) is 0 Å². The maximum Gasteiger partial charge on any atom is 0.259 e. The number of aromatic nitrogens is 2. The summed E-state index contributed by atoms with van der Waals surface area (Å²) in [5.41, 5.74) is 8.76. The van der Waals surface area contributed by atoms with Gasteiger partial charge in [-0.2, -0.15) is 0 Å². The van der Waals surface area contributed by atoms with Gasteiger partial charge in [0.1, 0.15) is 11.5 Å². The van der Waals surface area contributed by atoms with Crippen LogP contribution in [0.3, 0.4) is 0 Å². The van der Waals surface area contributed by atoms with Crippen LogP contribution in [0.4, 0.5) is 0 Å². The van der Waals surface area contributed by atoms with Crippen LogP contribution in [0.5, 0.6) is 11.5 Å². The summed E-state index contributed by atoms with van der Waals surface area (Å²) in [6.07, 6.45) is 4.21. The number of carbonyl (C=O) groups is 2. The number of phenols is 2. The first-order chi connectivity index (χ1) is 15.0. The first-order valence-corrected chi connectivity index (χ1v) is 9.90. The maximum absolute atomic E-state index is 12.9. The molecule has 1 aliphatic heterocycles. The third-order valence-electron chi connectivity index (χ3n) is 5.60. The molecule has 6 N–H and O–H groups in total. The van der Waals surface area contributed by atoms with Crippen LogP contribution in [0.2, 0.25) is 0 Å². The van der Waals surface area contributed by atoms with E-state index >= 15 is 0 Å². The monoisotopic (exact) mass is 416 g/mol. The Kier molecular flexibility index (Phi) is 4.30. The van der Waals surface area contributed by atoms with Gasteiger partial charge < -0.3 is 25.5 Å². The van der Waals surface area contributed by atoms with Crippen LogP contribution >= 0.6 is 0 Å². The van der Waals surface area contributed by atoms with E-state index < -0.39 is 11.8 Å². The molecule has 4 aromatic rings. The van der Waals surface area contributed by atoms with E-state index in [1.807, 2.05) is 10.8 Å². The van der Waals surface area contributed by atoms with Crippen molar-refractivity contribution in [3.8, 4) is 11.5 Å². The van der Waals surface area contributed by atoms with Crippen LogP contribution in [-0.4, -0.2) is 38.1 Å². The van der Waals surface area contributed by atoms with Crippen molar-refractivity contribution in [2.45, 2.75) is 13.0 Å². The van der Waals surface area contributed by atoms with Gasteiger partial charge in [0, 0.05) is 51.9 Å². The average molecular weight is 416 g/mol. The number of fused-ring (bicyclic) bond motifs is 2. The summed E-state index contributed by atoms with van der Waals surface area (Å²) in [4.78, 5) is 28.8. The lowest BCUT2D eigenvalue weighted by molar-refractivity contribution is -0.122. The highest BCUT2D eigenvalue weighted by atomic mass is 16.3. The Labute approximate surface area is 176 Å². The number of benzene rings is 2. The largest absolute Gasteiger partial charge is 0.508 e. The van der Waals surface area contributed by atoms with Crippen molar-refractivity contribution in [2.24, 2.45) is 5.73 Å². The number of amides is 2. The molecular weight excluding hydrogens is 396 g/mol. The van der Waals surface area contributed by atoms with Gasteiger partial charge in [-0.1, -0.05) is 0 Å². The summed E-state index contributed by atoms with van der Waals surface area (Å²) in [5.74, 6) is -0.888. The van der Waals surface area contributed by atoms with E-state index in [4.69, 9.17) is 5.73 Å². The molecule has 1 aliphatic rings. The third kappa shape index (κ3) is 2.96. The first kappa shape index (κ1) is 19.0. The number of H-pyrrole nitrogens is 1. The molecule has 0 spiro atoms. The van der Waals surface area contributed by atoms with Gasteiger partial charge in [-0.25, -0.2) is 0 Å². The van der Waals surface area contributed by atoms with Gasteiger partial charge in [-0.05, 0) is 49.4 Å². The minimum Gasteiger partial charge on any atom is -0.508 e. The minimum absolute atomic E-state index is 0.0588. The van der Waals surface area contributed by atoms with E-state index in [0.29, 0.717) is 35.0 Å². The number of hydrogen-bond acceptors (Lipinski definition) is 5. The van der Waals surface area contributed by atoms with Crippen LogP contribution < -0.4 is 11.1 Å². The Morgan fingerprint density at radius 3 is 2.32 bits per heavy atom. The number of carbonyl (C=O) groups excluding carboxylic acids is 2. The Bertz CT molecular complexity index is 1410. The molecular formula is C23H20N4O4. The van der Waals surface area contributed by atoms with Crippen LogP contribution in [0.25, 0.3) is 33.0 Å². The predicted octanol–water partition coefficient (Wildman–Crippen LogP) is 2.45. The highest BCUT2D eigenvalue weighted by molar-refractivity contribution is 6.50. The Morgan fingerprint density at radius 1 is 0.903 bits per heavy atom. The lowest BCUT2D eigenvalue weighted by Crippen LogP contribution is -2.22. The van der Waals surface area contributed by atoms with E-state index in [1.165, 1.54) is 0 Å².